The molecule has 0 spiro atoms. The normalized spacial score (nSPS) is 17.9. The van der Waals surface area contributed by atoms with Crippen molar-refractivity contribution in [2.45, 2.75) is 32.0 Å². The van der Waals surface area contributed by atoms with Crippen LogP contribution in [0.1, 0.15) is 28.4 Å². The van der Waals surface area contributed by atoms with Gasteiger partial charge in [-0.05, 0) is 52.8 Å². The van der Waals surface area contributed by atoms with E-state index in [2.05, 4.69) is 64.7 Å². The van der Waals surface area contributed by atoms with Gasteiger partial charge in [-0.25, -0.2) is 4.98 Å². The molecule has 1 aliphatic rings. The summed E-state index contributed by atoms with van der Waals surface area (Å²) in [6, 6.07) is 21.1. The van der Waals surface area contributed by atoms with Crippen LogP contribution in [0.4, 0.5) is 0 Å². The van der Waals surface area contributed by atoms with Gasteiger partial charge < -0.3 is 15.4 Å². The minimum Gasteiger partial charge on any atom is -0.387 e. The number of fused-ring (bicyclic) bond motifs is 2. The van der Waals surface area contributed by atoms with E-state index in [1.807, 2.05) is 18.2 Å². The number of aryl methyl sites for hydroxylation is 1. The Morgan fingerprint density at radius 2 is 1.86 bits per heavy atom. The molecule has 1 heterocycles. The Hall–Kier alpha value is -2.66. The number of nitrogens with one attached hydrogen (secondary N) is 2. The molecule has 4 aromatic rings. The van der Waals surface area contributed by atoms with Crippen molar-refractivity contribution in [1.29, 1.82) is 0 Å². The van der Waals surface area contributed by atoms with Gasteiger partial charge in [0.05, 0.1) is 23.5 Å². The third kappa shape index (κ3) is 3.55. The van der Waals surface area contributed by atoms with Gasteiger partial charge in [0.2, 0.25) is 0 Å². The van der Waals surface area contributed by atoms with Gasteiger partial charge in [-0.15, -0.1) is 12.4 Å². The number of nitrogens with zero attached hydrogens (tertiary/aromatic N) is 1. The fourth-order valence-corrected chi connectivity index (χ4v) is 4.27. The number of aromatic amines is 1. The smallest absolute Gasteiger partial charge is 0.0948 e. The zero-order chi connectivity index (χ0) is 19.1. The highest BCUT2D eigenvalue weighted by Crippen LogP contribution is 2.31. The Balaban J connectivity index is 0.00000205. The standard InChI is InChI=1S/C24H23N3O.ClH/c1-15-19(10-11-21-23(15)27-14-26-21)17-8-6-16(7-9-17)13-25-22-12-18-4-2-3-5-20(18)24(22)28;/h2-11,14,22,24-25,28H,12-13H2,1H3,(H,26,27);1H/t22-,24+;/m0./s1. The Morgan fingerprint density at radius 1 is 1.07 bits per heavy atom. The third-order valence-electron chi connectivity index (χ3n) is 5.87. The maximum absolute atomic E-state index is 10.5. The van der Waals surface area contributed by atoms with Gasteiger partial charge in [0.15, 0.2) is 0 Å². The van der Waals surface area contributed by atoms with Crippen molar-refractivity contribution >= 4 is 23.4 Å². The lowest BCUT2D eigenvalue weighted by Crippen LogP contribution is -2.32. The van der Waals surface area contributed by atoms with Crippen molar-refractivity contribution in [3.05, 3.63) is 89.2 Å². The number of imidazole rings is 1. The fourth-order valence-electron chi connectivity index (χ4n) is 4.27. The summed E-state index contributed by atoms with van der Waals surface area (Å²) in [4.78, 5) is 7.59. The number of aliphatic hydroxyl groups is 1. The zero-order valence-corrected chi connectivity index (χ0v) is 17.0. The predicted octanol–water partition coefficient (Wildman–Crippen LogP) is 4.71. The molecule has 0 amide bonds. The number of H-pyrrole nitrogens is 1. The number of halogens is 1. The minimum absolute atomic E-state index is 0. The number of rotatable bonds is 4. The van der Waals surface area contributed by atoms with Crippen LogP contribution in [0.15, 0.2) is 67.0 Å². The molecule has 4 nitrogen and oxygen atoms in total. The summed E-state index contributed by atoms with van der Waals surface area (Å²) in [6.07, 6.45) is 2.18. The second kappa shape index (κ2) is 7.99. The lowest BCUT2D eigenvalue weighted by molar-refractivity contribution is 0.141. The largest absolute Gasteiger partial charge is 0.387 e. The second-order valence-corrected chi connectivity index (χ2v) is 7.57. The molecular weight excluding hydrogens is 382 g/mol. The fraction of sp³-hybridized carbons (Fsp3) is 0.208. The van der Waals surface area contributed by atoms with Crippen molar-refractivity contribution < 1.29 is 5.11 Å². The predicted molar refractivity (Wildman–Crippen MR) is 119 cm³/mol. The quantitative estimate of drug-likeness (QED) is 0.461. The van der Waals surface area contributed by atoms with Crippen molar-refractivity contribution in [2.75, 3.05) is 0 Å². The first-order chi connectivity index (χ1) is 13.7. The minimum atomic E-state index is -0.432. The van der Waals surface area contributed by atoms with Crippen LogP contribution in [0, 0.1) is 6.92 Å². The summed E-state index contributed by atoms with van der Waals surface area (Å²) >= 11 is 0. The molecule has 0 fully saturated rings. The first kappa shape index (κ1) is 19.6. The molecular formula is C24H24ClN3O. The Bertz CT molecular complexity index is 1140. The van der Waals surface area contributed by atoms with E-state index in [4.69, 9.17) is 0 Å². The van der Waals surface area contributed by atoms with E-state index in [-0.39, 0.29) is 18.4 Å². The van der Waals surface area contributed by atoms with E-state index in [0.717, 1.165) is 29.6 Å². The van der Waals surface area contributed by atoms with E-state index >= 15 is 0 Å². The van der Waals surface area contributed by atoms with E-state index in [1.165, 1.54) is 27.8 Å². The van der Waals surface area contributed by atoms with Crippen molar-refractivity contribution in [3.63, 3.8) is 0 Å². The highest BCUT2D eigenvalue weighted by Gasteiger charge is 2.29. The zero-order valence-electron chi connectivity index (χ0n) is 16.2. The molecule has 0 saturated heterocycles. The highest BCUT2D eigenvalue weighted by molar-refractivity contribution is 5.86. The molecule has 0 radical (unpaired) electrons. The maximum Gasteiger partial charge on any atom is 0.0948 e. The van der Waals surface area contributed by atoms with Crippen LogP contribution in [0.25, 0.3) is 22.2 Å². The first-order valence-corrected chi connectivity index (χ1v) is 9.72. The molecule has 5 rings (SSSR count). The third-order valence-corrected chi connectivity index (χ3v) is 5.87. The molecule has 2 atom stereocenters. The Labute approximate surface area is 176 Å². The van der Waals surface area contributed by atoms with Gasteiger partial charge in [0.1, 0.15) is 0 Å². The van der Waals surface area contributed by atoms with Gasteiger partial charge in [0.25, 0.3) is 0 Å². The monoisotopic (exact) mass is 405 g/mol. The van der Waals surface area contributed by atoms with Crippen LogP contribution >= 0.6 is 12.4 Å². The molecule has 29 heavy (non-hydrogen) atoms. The number of hydrogen-bond acceptors (Lipinski definition) is 3. The number of benzene rings is 3. The summed E-state index contributed by atoms with van der Waals surface area (Å²) in [5.74, 6) is 0. The number of hydrogen-bond donors (Lipinski definition) is 3. The van der Waals surface area contributed by atoms with E-state index in [9.17, 15) is 5.11 Å². The van der Waals surface area contributed by atoms with Crippen LogP contribution in [-0.4, -0.2) is 21.1 Å². The molecule has 148 valence electrons. The van der Waals surface area contributed by atoms with Crippen LogP contribution in [0.3, 0.4) is 0 Å². The molecule has 5 heteroatoms. The average molecular weight is 406 g/mol. The molecule has 0 bridgehead atoms. The van der Waals surface area contributed by atoms with Crippen molar-refractivity contribution in [2.24, 2.45) is 0 Å². The van der Waals surface area contributed by atoms with Gasteiger partial charge in [-0.2, -0.15) is 0 Å². The summed E-state index contributed by atoms with van der Waals surface area (Å²) in [5, 5.41) is 14.1. The van der Waals surface area contributed by atoms with Gasteiger partial charge >= 0.3 is 0 Å². The molecule has 0 aliphatic heterocycles. The van der Waals surface area contributed by atoms with Crippen LogP contribution in [0.2, 0.25) is 0 Å². The van der Waals surface area contributed by atoms with E-state index < -0.39 is 6.10 Å². The number of aromatic nitrogens is 2. The molecule has 1 aliphatic carbocycles. The molecule has 0 unspecified atom stereocenters. The lowest BCUT2D eigenvalue weighted by atomic mass is 9.98. The number of aliphatic hydroxyl groups excluding tert-OH is 1. The second-order valence-electron chi connectivity index (χ2n) is 7.57. The van der Waals surface area contributed by atoms with E-state index in [1.54, 1.807) is 6.33 Å². The van der Waals surface area contributed by atoms with Crippen LogP contribution in [0.5, 0.6) is 0 Å². The van der Waals surface area contributed by atoms with E-state index in [0.29, 0.717) is 0 Å². The van der Waals surface area contributed by atoms with Gasteiger partial charge in [-0.3, -0.25) is 0 Å². The molecule has 3 N–H and O–H groups in total. The summed E-state index contributed by atoms with van der Waals surface area (Å²) in [5.41, 5.74) is 9.20. The van der Waals surface area contributed by atoms with Crippen molar-refractivity contribution in [3.8, 4) is 11.1 Å². The lowest BCUT2D eigenvalue weighted by Gasteiger charge is -2.17. The molecule has 1 aromatic heterocycles. The maximum atomic E-state index is 10.5. The SMILES string of the molecule is Cc1c(-c2ccc(CN[C@H]3Cc4ccccc4[C@H]3O)cc2)ccc2[nH]cnc12.Cl. The Kier molecular flexibility index (Phi) is 5.41. The van der Waals surface area contributed by atoms with Gasteiger partial charge in [0, 0.05) is 12.6 Å². The first-order valence-electron chi connectivity index (χ1n) is 9.72. The summed E-state index contributed by atoms with van der Waals surface area (Å²) in [7, 11) is 0. The molecule has 0 saturated carbocycles. The van der Waals surface area contributed by atoms with Crippen molar-refractivity contribution in [1.82, 2.24) is 15.3 Å². The average Bonchev–Trinajstić information content (AvgIpc) is 3.33. The van der Waals surface area contributed by atoms with Crippen LogP contribution < -0.4 is 5.32 Å². The summed E-state index contributed by atoms with van der Waals surface area (Å²) in [6.45, 7) is 2.86. The van der Waals surface area contributed by atoms with Crippen LogP contribution in [-0.2, 0) is 13.0 Å². The topological polar surface area (TPSA) is 60.9 Å². The summed E-state index contributed by atoms with van der Waals surface area (Å²) < 4.78 is 0. The molecule has 3 aromatic carbocycles. The Morgan fingerprint density at radius 3 is 2.66 bits per heavy atom. The van der Waals surface area contributed by atoms with Gasteiger partial charge in [-0.1, -0.05) is 54.6 Å². The highest BCUT2D eigenvalue weighted by atomic mass is 35.5.